The average molecular weight is 736 g/mol. The summed E-state index contributed by atoms with van der Waals surface area (Å²) in [6.07, 6.45) is 1.57. The van der Waals surface area contributed by atoms with Crippen molar-refractivity contribution in [2.45, 2.75) is 96.4 Å². The molecule has 2 aromatic rings. The maximum Gasteiger partial charge on any atom is 0.326 e. The number of rotatable bonds is 23. The van der Waals surface area contributed by atoms with Crippen molar-refractivity contribution in [1.82, 2.24) is 26.6 Å². The number of hydrogen-bond acceptors (Lipinski definition) is 8. The van der Waals surface area contributed by atoms with Crippen LogP contribution in [0.1, 0.15) is 64.5 Å². The fourth-order valence-electron chi connectivity index (χ4n) is 5.50. The summed E-state index contributed by atoms with van der Waals surface area (Å²) in [5.41, 5.74) is 15.6. The van der Waals surface area contributed by atoms with E-state index in [0.717, 1.165) is 0 Å². The van der Waals surface area contributed by atoms with Gasteiger partial charge in [0.05, 0.1) is 0 Å². The zero-order valence-electron chi connectivity index (χ0n) is 30.8. The molecule has 0 bridgehead atoms. The second-order valence-electron chi connectivity index (χ2n) is 13.6. The lowest BCUT2D eigenvalue weighted by Crippen LogP contribution is -2.60. The lowest BCUT2D eigenvalue weighted by Gasteiger charge is -2.29. The zero-order valence-corrected chi connectivity index (χ0v) is 30.8. The van der Waals surface area contributed by atoms with E-state index >= 15 is 0 Å². The van der Waals surface area contributed by atoms with Crippen LogP contribution in [-0.2, 0) is 41.6 Å². The van der Waals surface area contributed by atoms with Crippen LogP contribution in [0.25, 0.3) is 10.4 Å². The molecule has 0 radical (unpaired) electrons. The van der Waals surface area contributed by atoms with Crippen LogP contribution in [0, 0.1) is 11.8 Å². The van der Waals surface area contributed by atoms with E-state index in [1.165, 1.54) is 0 Å². The van der Waals surface area contributed by atoms with Gasteiger partial charge in [0.25, 0.3) is 0 Å². The Morgan fingerprint density at radius 2 is 1.21 bits per heavy atom. The predicted octanol–water partition coefficient (Wildman–Crippen LogP) is 2.12. The topological polar surface area (TPSA) is 258 Å². The fraction of sp³-hybridized carbons (Fsp3) is 0.514. The maximum absolute atomic E-state index is 13.9. The summed E-state index contributed by atoms with van der Waals surface area (Å²) < 4.78 is 0. The summed E-state index contributed by atoms with van der Waals surface area (Å²) in [7, 11) is 0. The number of nitrogens with zero attached hydrogens (tertiary/aromatic N) is 3. The van der Waals surface area contributed by atoms with E-state index < -0.39 is 78.2 Å². The van der Waals surface area contributed by atoms with Crippen molar-refractivity contribution in [3.63, 3.8) is 0 Å². The number of benzene rings is 2. The average Bonchev–Trinajstić information content (AvgIpc) is 3.12. The van der Waals surface area contributed by atoms with Crippen molar-refractivity contribution < 1.29 is 33.9 Å². The highest BCUT2D eigenvalue weighted by Crippen LogP contribution is 2.12. The molecule has 5 atom stereocenters. The molecule has 53 heavy (non-hydrogen) atoms. The van der Waals surface area contributed by atoms with Gasteiger partial charge >= 0.3 is 5.97 Å². The summed E-state index contributed by atoms with van der Waals surface area (Å²) in [6, 6.07) is 12.0. The summed E-state index contributed by atoms with van der Waals surface area (Å²) in [4.78, 5) is 81.8. The Labute approximate surface area is 310 Å². The smallest absolute Gasteiger partial charge is 0.326 e. The third-order valence-corrected chi connectivity index (χ3v) is 8.28. The number of carbonyl (C=O) groups excluding carboxylic acids is 5. The second-order valence-corrected chi connectivity index (χ2v) is 13.6. The number of nitrogens with two attached hydrogens (primary N) is 1. The molecule has 0 unspecified atom stereocenters. The molecule has 5 amide bonds. The molecule has 0 aliphatic carbocycles. The number of amides is 5. The van der Waals surface area contributed by atoms with Crippen molar-refractivity contribution in [2.24, 2.45) is 22.7 Å². The van der Waals surface area contributed by atoms with Gasteiger partial charge in [-0.15, -0.1) is 0 Å². The van der Waals surface area contributed by atoms with E-state index in [-0.39, 0.29) is 31.6 Å². The molecule has 0 saturated carbocycles. The van der Waals surface area contributed by atoms with Crippen LogP contribution in [0.5, 0.6) is 0 Å². The van der Waals surface area contributed by atoms with Gasteiger partial charge in [0.15, 0.2) is 0 Å². The minimum Gasteiger partial charge on any atom is -0.480 e. The van der Waals surface area contributed by atoms with Gasteiger partial charge in [0.2, 0.25) is 29.5 Å². The summed E-state index contributed by atoms with van der Waals surface area (Å²) in [5.74, 6) is -5.12. The lowest BCUT2D eigenvalue weighted by molar-refractivity contribution is -0.142. The largest absolute Gasteiger partial charge is 0.480 e. The molecule has 16 heteroatoms. The molecule has 8 N–H and O–H groups in total. The van der Waals surface area contributed by atoms with E-state index in [4.69, 9.17) is 11.3 Å². The van der Waals surface area contributed by atoms with Crippen LogP contribution in [0.4, 0.5) is 0 Å². The van der Waals surface area contributed by atoms with Crippen molar-refractivity contribution in [3.05, 3.63) is 82.2 Å². The molecule has 2 aromatic carbocycles. The normalized spacial score (nSPS) is 13.7. The van der Waals surface area contributed by atoms with Crippen molar-refractivity contribution >= 4 is 35.5 Å². The molecule has 0 aromatic heterocycles. The summed E-state index contributed by atoms with van der Waals surface area (Å²) in [6.45, 7) is 6.99. The lowest BCUT2D eigenvalue weighted by atomic mass is 9.98. The minimum atomic E-state index is -1.27. The Morgan fingerprint density at radius 1 is 0.698 bits per heavy atom. The highest BCUT2D eigenvalue weighted by Gasteiger charge is 2.34. The molecule has 2 rings (SSSR count). The van der Waals surface area contributed by atoms with Crippen LogP contribution in [0.15, 0.2) is 65.8 Å². The number of aliphatic carboxylic acids is 1. The van der Waals surface area contributed by atoms with Crippen molar-refractivity contribution in [1.29, 1.82) is 0 Å². The number of hydrogen-bond donors (Lipinski definition) is 7. The first kappa shape index (κ1) is 43.7. The van der Waals surface area contributed by atoms with Crippen LogP contribution in [0.3, 0.4) is 0 Å². The van der Waals surface area contributed by atoms with Gasteiger partial charge in [0, 0.05) is 17.8 Å². The molecular formula is C37H53N9O7. The highest BCUT2D eigenvalue weighted by atomic mass is 16.4. The second kappa shape index (κ2) is 23.2. The van der Waals surface area contributed by atoms with Crippen LogP contribution in [0.2, 0.25) is 0 Å². The van der Waals surface area contributed by atoms with E-state index in [2.05, 4.69) is 36.6 Å². The Kier molecular flexibility index (Phi) is 19.1. The summed E-state index contributed by atoms with van der Waals surface area (Å²) in [5, 5.41) is 26.4. The first-order valence-electron chi connectivity index (χ1n) is 17.8. The molecule has 288 valence electrons. The van der Waals surface area contributed by atoms with Crippen molar-refractivity contribution in [3.8, 4) is 0 Å². The third kappa shape index (κ3) is 16.2. The highest BCUT2D eigenvalue weighted by molar-refractivity contribution is 5.96. The SMILES string of the molecule is CC(C)C[C@H](NC(=O)[C@H](CCCCN)NC(=O)CN=[N+]=[N-])C(=O)N[C@H](C(=O)N[C@@H](Cc1ccccc1)C(=O)N[C@@H](Cc1ccccc1)C(=O)O)C(C)C. The number of carbonyl (C=O) groups is 6. The number of carboxylic acid groups (broad SMARTS) is 1. The Morgan fingerprint density at radius 3 is 1.72 bits per heavy atom. The standard InChI is InChI=1S/C37H53N9O7/c1-23(2)19-28(42-33(48)27(17-11-12-18-38)41-31(47)22-40-46-39)35(50)45-32(24(3)4)36(51)43-29(20-25-13-7-5-8-14-25)34(49)44-30(37(52)53)21-26-15-9-6-10-16-26/h5-10,13-16,23-24,27-30,32H,11-12,17-22,38H2,1-4H3,(H,41,47)(H,42,48)(H,43,51)(H,44,49)(H,45,50)(H,52,53)/t27-,28-,29-,30-,32-/m0/s1. The Bertz CT molecular complexity index is 1550. The molecule has 0 saturated heterocycles. The van der Waals surface area contributed by atoms with Crippen LogP contribution in [-0.4, -0.2) is 83.9 Å². The first-order valence-corrected chi connectivity index (χ1v) is 17.8. The quantitative estimate of drug-likeness (QED) is 0.0384. The Hall–Kier alpha value is -5.47. The monoisotopic (exact) mass is 735 g/mol. The molecule has 0 aliphatic rings. The van der Waals surface area contributed by atoms with Crippen LogP contribution < -0.4 is 32.3 Å². The fourth-order valence-corrected chi connectivity index (χ4v) is 5.50. The zero-order chi connectivity index (χ0) is 39.3. The van der Waals surface area contributed by atoms with Gasteiger partial charge in [-0.25, -0.2) is 4.79 Å². The maximum atomic E-state index is 13.9. The predicted molar refractivity (Wildman–Crippen MR) is 199 cm³/mol. The molecule has 0 heterocycles. The van der Waals surface area contributed by atoms with Gasteiger partial charge in [-0.2, -0.15) is 0 Å². The van der Waals surface area contributed by atoms with E-state index in [0.29, 0.717) is 30.5 Å². The minimum absolute atomic E-state index is 0.0207. The molecular weight excluding hydrogens is 682 g/mol. The number of azide groups is 1. The van der Waals surface area contributed by atoms with Gasteiger partial charge in [-0.05, 0) is 60.7 Å². The van der Waals surface area contributed by atoms with Gasteiger partial charge in [-0.1, -0.05) is 93.5 Å². The van der Waals surface area contributed by atoms with Gasteiger partial charge < -0.3 is 37.4 Å². The van der Waals surface area contributed by atoms with Gasteiger partial charge in [-0.3, -0.25) is 24.0 Å². The van der Waals surface area contributed by atoms with E-state index in [1.54, 1.807) is 74.5 Å². The number of unbranched alkanes of at least 4 members (excludes halogenated alkanes) is 1. The van der Waals surface area contributed by atoms with E-state index in [9.17, 15) is 33.9 Å². The van der Waals surface area contributed by atoms with Gasteiger partial charge in [0.1, 0.15) is 36.8 Å². The third-order valence-electron chi connectivity index (χ3n) is 8.28. The molecule has 0 fully saturated rings. The number of carboxylic acids is 1. The molecule has 0 aliphatic heterocycles. The first-order chi connectivity index (χ1) is 25.2. The molecule has 16 nitrogen and oxygen atoms in total. The van der Waals surface area contributed by atoms with Crippen LogP contribution >= 0.6 is 0 Å². The Balaban J connectivity index is 2.29. The summed E-state index contributed by atoms with van der Waals surface area (Å²) >= 11 is 0. The van der Waals surface area contributed by atoms with Crippen molar-refractivity contribution in [2.75, 3.05) is 13.1 Å². The number of nitrogens with one attached hydrogen (secondary N) is 5. The molecule has 0 spiro atoms. The van der Waals surface area contributed by atoms with E-state index in [1.807, 2.05) is 13.8 Å².